The molecule has 0 spiro atoms. The van der Waals surface area contributed by atoms with Crippen molar-refractivity contribution in [1.82, 2.24) is 15.0 Å². The molecule has 228 valence electrons. The Morgan fingerprint density at radius 1 is 0.356 bits per heavy atom. The topological polar surface area (TPSA) is 290 Å². The Labute approximate surface area is 248 Å². The van der Waals surface area contributed by atoms with Crippen molar-refractivity contribution < 1.29 is 73.6 Å². The number of carboxylic acids is 6. The van der Waals surface area contributed by atoms with Gasteiger partial charge in [-0.25, -0.2) is 28.8 Å². The summed E-state index contributed by atoms with van der Waals surface area (Å²) in [7, 11) is 0. The fourth-order valence-electron chi connectivity index (χ4n) is 3.49. The number of carbonyl (C=O) groups is 6. The highest BCUT2D eigenvalue weighted by atomic mass is 16.5. The highest BCUT2D eigenvalue weighted by molar-refractivity contribution is 5.96. The second-order valence-corrected chi connectivity index (χ2v) is 8.56. The molecule has 45 heavy (non-hydrogen) atoms. The molecule has 6 N–H and O–H groups in total. The van der Waals surface area contributed by atoms with Gasteiger partial charge in [-0.05, 0) is 54.6 Å². The van der Waals surface area contributed by atoms with Crippen LogP contribution in [0.25, 0.3) is 0 Å². The number of aromatic carboxylic acids is 6. The molecular weight excluding hydrogens is 606 g/mol. The van der Waals surface area contributed by atoms with E-state index in [0.29, 0.717) is 0 Å². The molecule has 3 aromatic carbocycles. The number of hydrogen-bond acceptors (Lipinski definition) is 12. The molecule has 0 amide bonds. The van der Waals surface area contributed by atoms with Crippen LogP contribution < -0.4 is 14.2 Å². The number of benzene rings is 3. The van der Waals surface area contributed by atoms with Crippen LogP contribution >= 0.6 is 0 Å². The van der Waals surface area contributed by atoms with E-state index in [2.05, 4.69) is 15.0 Å². The highest BCUT2D eigenvalue weighted by Crippen LogP contribution is 2.30. The molecule has 0 radical (unpaired) electrons. The maximum Gasteiger partial charge on any atom is 0.335 e. The SMILES string of the molecule is O=C(O)c1cc(Oc2nc(Oc3cc(C(=O)O)cc(C(=O)O)c3)nc(Oc3cc(C(=O)O)cc(C(=O)O)c3)n2)cc(C(=O)O)c1. The smallest absolute Gasteiger partial charge is 0.335 e. The Balaban J connectivity index is 1.83. The maximum atomic E-state index is 11.5. The predicted octanol–water partition coefficient (Wildman–Crippen LogP) is 3.44. The quantitative estimate of drug-likeness (QED) is 0.132. The van der Waals surface area contributed by atoms with E-state index in [1.807, 2.05) is 0 Å². The lowest BCUT2D eigenvalue weighted by atomic mass is 10.1. The molecular formula is C27H15N3O15. The minimum atomic E-state index is -1.51. The first-order chi connectivity index (χ1) is 21.2. The Morgan fingerprint density at radius 2 is 0.533 bits per heavy atom. The molecule has 4 aromatic rings. The summed E-state index contributed by atoms with van der Waals surface area (Å²) in [6, 6.07) is 5.84. The first-order valence-electron chi connectivity index (χ1n) is 11.8. The van der Waals surface area contributed by atoms with Crippen LogP contribution in [0, 0.1) is 0 Å². The summed E-state index contributed by atoms with van der Waals surface area (Å²) < 4.78 is 16.3. The van der Waals surface area contributed by atoms with Crippen molar-refractivity contribution in [2.75, 3.05) is 0 Å². The Kier molecular flexibility index (Phi) is 8.50. The molecule has 18 nitrogen and oxygen atoms in total. The van der Waals surface area contributed by atoms with Gasteiger partial charge in [-0.1, -0.05) is 0 Å². The van der Waals surface area contributed by atoms with E-state index in [1.165, 1.54) is 0 Å². The molecule has 0 bridgehead atoms. The Hall–Kier alpha value is -7.11. The van der Waals surface area contributed by atoms with Crippen LogP contribution in [0.1, 0.15) is 62.1 Å². The number of nitrogens with zero attached hydrogens (tertiary/aromatic N) is 3. The van der Waals surface area contributed by atoms with Crippen molar-refractivity contribution >= 4 is 35.8 Å². The van der Waals surface area contributed by atoms with Gasteiger partial charge in [0.05, 0.1) is 33.4 Å². The standard InChI is InChI=1S/C27H15N3O15/c31-19(32)10-1-11(20(33)34)5-16(4-10)43-25-28-26(44-17-6-12(21(35)36)2-13(7-17)22(37)38)30-27(29-25)45-18-8-14(23(39)40)3-15(9-18)24(41)42/h1-9H,(H,31,32)(H,33,34)(H,35,36)(H,37,38)(H,39,40)(H,41,42). The normalized spacial score (nSPS) is 10.4. The fourth-order valence-corrected chi connectivity index (χ4v) is 3.49. The van der Waals surface area contributed by atoms with Crippen molar-refractivity contribution in [2.24, 2.45) is 0 Å². The Morgan fingerprint density at radius 3 is 0.689 bits per heavy atom. The van der Waals surface area contributed by atoms with E-state index in [0.717, 1.165) is 54.6 Å². The molecule has 0 aliphatic rings. The molecule has 0 atom stereocenters. The molecule has 0 aliphatic carbocycles. The zero-order chi connectivity index (χ0) is 33.0. The average molecular weight is 621 g/mol. The zero-order valence-electron chi connectivity index (χ0n) is 21.9. The van der Waals surface area contributed by atoms with Crippen molar-refractivity contribution in [3.63, 3.8) is 0 Å². The largest absolute Gasteiger partial charge is 0.478 e. The molecule has 0 fully saturated rings. The number of carboxylic acid groups (broad SMARTS) is 6. The van der Waals surface area contributed by atoms with E-state index >= 15 is 0 Å². The van der Waals surface area contributed by atoms with Gasteiger partial charge in [0, 0.05) is 0 Å². The lowest BCUT2D eigenvalue weighted by Crippen LogP contribution is -2.06. The second kappa shape index (κ2) is 12.4. The van der Waals surface area contributed by atoms with Crippen molar-refractivity contribution in [3.8, 4) is 35.3 Å². The van der Waals surface area contributed by atoms with Crippen molar-refractivity contribution in [2.45, 2.75) is 0 Å². The molecule has 1 heterocycles. The lowest BCUT2D eigenvalue weighted by Gasteiger charge is -2.11. The van der Waals surface area contributed by atoms with Gasteiger partial charge in [0.25, 0.3) is 0 Å². The van der Waals surface area contributed by atoms with Gasteiger partial charge in [0.2, 0.25) is 0 Å². The van der Waals surface area contributed by atoms with Crippen molar-refractivity contribution in [1.29, 1.82) is 0 Å². The molecule has 0 saturated heterocycles. The van der Waals surface area contributed by atoms with Gasteiger partial charge in [0.15, 0.2) is 0 Å². The second-order valence-electron chi connectivity index (χ2n) is 8.56. The van der Waals surface area contributed by atoms with Crippen molar-refractivity contribution in [3.05, 3.63) is 88.0 Å². The average Bonchev–Trinajstić information content (AvgIpc) is 2.96. The van der Waals surface area contributed by atoms with Crippen LogP contribution in [0.4, 0.5) is 0 Å². The lowest BCUT2D eigenvalue weighted by molar-refractivity contribution is 0.0676. The van der Waals surface area contributed by atoms with Gasteiger partial charge >= 0.3 is 53.8 Å². The number of ether oxygens (including phenoxy) is 3. The number of rotatable bonds is 12. The minimum Gasteiger partial charge on any atom is -0.478 e. The third kappa shape index (κ3) is 7.60. The van der Waals surface area contributed by atoms with E-state index in [-0.39, 0.29) is 0 Å². The van der Waals surface area contributed by atoms with Crippen LogP contribution in [-0.4, -0.2) is 81.4 Å². The summed E-state index contributed by atoms with van der Waals surface area (Å²) in [5.41, 5.74) is -2.97. The molecule has 1 aromatic heterocycles. The molecule has 18 heteroatoms. The highest BCUT2D eigenvalue weighted by Gasteiger charge is 2.20. The van der Waals surface area contributed by atoms with E-state index in [1.54, 1.807) is 0 Å². The number of aromatic nitrogens is 3. The van der Waals surface area contributed by atoms with Gasteiger partial charge in [-0.2, -0.15) is 0 Å². The van der Waals surface area contributed by atoms with Gasteiger partial charge in [-0.15, -0.1) is 15.0 Å². The summed E-state index contributed by atoms with van der Waals surface area (Å²) in [5.74, 6) is -10.3. The van der Waals surface area contributed by atoms with Gasteiger partial charge in [0.1, 0.15) is 17.2 Å². The fraction of sp³-hybridized carbons (Fsp3) is 0. The number of hydrogen-bond donors (Lipinski definition) is 6. The van der Waals surface area contributed by atoms with Crippen LogP contribution in [-0.2, 0) is 0 Å². The summed E-state index contributed by atoms with van der Waals surface area (Å²) >= 11 is 0. The summed E-state index contributed by atoms with van der Waals surface area (Å²) in [6.45, 7) is 0. The molecule has 0 saturated carbocycles. The minimum absolute atomic E-state index is 0.405. The van der Waals surface area contributed by atoms with E-state index in [4.69, 9.17) is 14.2 Å². The summed E-state index contributed by atoms with van der Waals surface area (Å²) in [6.07, 6.45) is 0. The summed E-state index contributed by atoms with van der Waals surface area (Å²) in [4.78, 5) is 80.5. The van der Waals surface area contributed by atoms with Crippen LogP contribution in [0.15, 0.2) is 54.6 Å². The third-order valence-corrected chi connectivity index (χ3v) is 5.40. The maximum absolute atomic E-state index is 11.5. The van der Waals surface area contributed by atoms with Crippen LogP contribution in [0.5, 0.6) is 35.3 Å². The first kappa shape index (κ1) is 30.8. The predicted molar refractivity (Wildman–Crippen MR) is 141 cm³/mol. The first-order valence-corrected chi connectivity index (χ1v) is 11.8. The van der Waals surface area contributed by atoms with Gasteiger partial charge < -0.3 is 44.8 Å². The summed E-state index contributed by atoms with van der Waals surface area (Å²) in [5, 5.41) is 56.1. The molecule has 4 rings (SSSR count). The third-order valence-electron chi connectivity index (χ3n) is 5.40. The van der Waals surface area contributed by atoms with E-state index < -0.39 is 104 Å². The van der Waals surface area contributed by atoms with E-state index in [9.17, 15) is 59.4 Å². The Bertz CT molecular complexity index is 1600. The van der Waals surface area contributed by atoms with Gasteiger partial charge in [-0.3, -0.25) is 0 Å². The zero-order valence-corrected chi connectivity index (χ0v) is 21.9. The monoisotopic (exact) mass is 621 g/mol. The van der Waals surface area contributed by atoms with Crippen LogP contribution in [0.3, 0.4) is 0 Å². The molecule has 0 unspecified atom stereocenters. The van der Waals surface area contributed by atoms with Crippen LogP contribution in [0.2, 0.25) is 0 Å². The molecule has 0 aliphatic heterocycles.